The molecule has 0 fully saturated rings. The van der Waals surface area contributed by atoms with E-state index in [0.717, 1.165) is 25.3 Å². The fourth-order valence-electron chi connectivity index (χ4n) is 1.67. The van der Waals surface area contributed by atoms with Gasteiger partial charge in [-0.05, 0) is 23.6 Å². The SMILES string of the molecule is C=Cc1ccccc1CCO[Si](CC)COC. The predicted molar refractivity (Wildman–Crippen MR) is 74.3 cm³/mol. The number of hydrogen-bond donors (Lipinski definition) is 0. The molecule has 0 amide bonds. The highest BCUT2D eigenvalue weighted by molar-refractivity contribution is 6.51. The molecule has 0 heterocycles. The third-order valence-corrected chi connectivity index (χ3v) is 4.66. The van der Waals surface area contributed by atoms with Crippen LogP contribution >= 0.6 is 0 Å². The van der Waals surface area contributed by atoms with Crippen molar-refractivity contribution in [2.24, 2.45) is 0 Å². The summed E-state index contributed by atoms with van der Waals surface area (Å²) in [6.45, 7) is 6.76. The van der Waals surface area contributed by atoms with E-state index in [2.05, 4.69) is 31.7 Å². The van der Waals surface area contributed by atoms with Gasteiger partial charge in [0, 0.05) is 13.7 Å². The first-order valence-electron chi connectivity index (χ1n) is 5.98. The van der Waals surface area contributed by atoms with Gasteiger partial charge in [0.2, 0.25) is 9.04 Å². The van der Waals surface area contributed by atoms with Crippen LogP contribution in [0.4, 0.5) is 0 Å². The Balaban J connectivity index is 2.42. The largest absolute Gasteiger partial charge is 0.414 e. The lowest BCUT2D eigenvalue weighted by atomic mass is 10.1. The fourth-order valence-corrected chi connectivity index (χ4v) is 2.88. The van der Waals surface area contributed by atoms with E-state index in [4.69, 9.17) is 9.16 Å². The van der Waals surface area contributed by atoms with Gasteiger partial charge in [-0.2, -0.15) is 0 Å². The molecule has 2 nitrogen and oxygen atoms in total. The molecule has 0 atom stereocenters. The van der Waals surface area contributed by atoms with E-state index in [9.17, 15) is 0 Å². The number of hydrogen-bond acceptors (Lipinski definition) is 2. The van der Waals surface area contributed by atoms with Crippen molar-refractivity contribution in [1.82, 2.24) is 0 Å². The highest BCUT2D eigenvalue weighted by Gasteiger charge is 2.10. The summed E-state index contributed by atoms with van der Waals surface area (Å²) in [6.07, 6.45) is 3.61. The van der Waals surface area contributed by atoms with Gasteiger partial charge < -0.3 is 9.16 Å². The molecular formula is C14H21O2Si. The monoisotopic (exact) mass is 249 g/mol. The van der Waals surface area contributed by atoms with Crippen LogP contribution in [0.15, 0.2) is 30.8 Å². The van der Waals surface area contributed by atoms with E-state index in [1.165, 1.54) is 11.1 Å². The standard InChI is InChI=1S/C14H21O2Si/c1-4-13-8-6-7-9-14(13)10-11-16-17(5-2)12-15-3/h4,6-9H,1,5,10-12H2,2-3H3. The zero-order valence-corrected chi connectivity index (χ0v) is 11.7. The van der Waals surface area contributed by atoms with Crippen LogP contribution in [-0.4, -0.2) is 29.0 Å². The summed E-state index contributed by atoms with van der Waals surface area (Å²) in [7, 11) is 0.961. The maximum absolute atomic E-state index is 5.88. The van der Waals surface area contributed by atoms with Gasteiger partial charge in [0.1, 0.15) is 0 Å². The van der Waals surface area contributed by atoms with Crippen molar-refractivity contribution in [2.75, 3.05) is 19.9 Å². The number of rotatable bonds is 8. The number of ether oxygens (including phenoxy) is 1. The summed E-state index contributed by atoms with van der Waals surface area (Å²) in [5.41, 5.74) is 2.51. The molecule has 17 heavy (non-hydrogen) atoms. The van der Waals surface area contributed by atoms with Crippen LogP contribution in [0.3, 0.4) is 0 Å². The molecule has 0 aliphatic rings. The van der Waals surface area contributed by atoms with E-state index >= 15 is 0 Å². The molecule has 1 aromatic carbocycles. The van der Waals surface area contributed by atoms with E-state index in [-0.39, 0.29) is 0 Å². The van der Waals surface area contributed by atoms with Crippen LogP contribution in [0.1, 0.15) is 18.1 Å². The van der Waals surface area contributed by atoms with E-state index < -0.39 is 9.04 Å². The van der Waals surface area contributed by atoms with Crippen LogP contribution in [-0.2, 0) is 15.6 Å². The van der Waals surface area contributed by atoms with Crippen molar-refractivity contribution in [3.63, 3.8) is 0 Å². The second-order valence-electron chi connectivity index (χ2n) is 3.83. The minimum atomic E-state index is -0.772. The van der Waals surface area contributed by atoms with Gasteiger partial charge in [-0.3, -0.25) is 0 Å². The highest BCUT2D eigenvalue weighted by atomic mass is 28.3. The van der Waals surface area contributed by atoms with Crippen LogP contribution in [0.25, 0.3) is 6.08 Å². The Hall–Kier alpha value is -0.903. The van der Waals surface area contributed by atoms with Crippen LogP contribution in [0, 0.1) is 0 Å². The van der Waals surface area contributed by atoms with Gasteiger partial charge in [-0.25, -0.2) is 0 Å². The number of benzene rings is 1. The zero-order chi connectivity index (χ0) is 12.5. The minimum Gasteiger partial charge on any atom is -0.414 e. The van der Waals surface area contributed by atoms with Gasteiger partial charge in [0.15, 0.2) is 0 Å². The fraction of sp³-hybridized carbons (Fsp3) is 0.429. The molecule has 1 rings (SSSR count). The van der Waals surface area contributed by atoms with Crippen molar-refractivity contribution in [3.05, 3.63) is 42.0 Å². The quantitative estimate of drug-likeness (QED) is 0.659. The molecule has 1 radical (unpaired) electrons. The molecule has 0 saturated carbocycles. The Labute approximate surface area is 106 Å². The highest BCUT2D eigenvalue weighted by Crippen LogP contribution is 2.11. The van der Waals surface area contributed by atoms with Crippen LogP contribution < -0.4 is 0 Å². The van der Waals surface area contributed by atoms with Gasteiger partial charge in [-0.15, -0.1) is 0 Å². The third kappa shape index (κ3) is 4.85. The van der Waals surface area contributed by atoms with E-state index in [0.29, 0.717) is 0 Å². The Bertz CT molecular complexity index is 339. The predicted octanol–water partition coefficient (Wildman–Crippen LogP) is 3.09. The summed E-state index contributed by atoms with van der Waals surface area (Å²) >= 11 is 0. The first kappa shape index (κ1) is 14.2. The molecule has 0 aliphatic heterocycles. The molecule has 0 unspecified atom stereocenters. The Morgan fingerprint density at radius 1 is 1.35 bits per heavy atom. The lowest BCUT2D eigenvalue weighted by molar-refractivity contribution is 0.217. The molecule has 1 aromatic rings. The first-order valence-corrected chi connectivity index (χ1v) is 7.80. The Morgan fingerprint density at radius 2 is 2.12 bits per heavy atom. The summed E-state index contributed by atoms with van der Waals surface area (Å²) in [5.74, 6) is 0. The van der Waals surface area contributed by atoms with E-state index in [1.807, 2.05) is 12.1 Å². The minimum absolute atomic E-state index is 0.768. The maximum atomic E-state index is 5.88. The molecule has 0 saturated heterocycles. The van der Waals surface area contributed by atoms with Gasteiger partial charge >= 0.3 is 0 Å². The van der Waals surface area contributed by atoms with Crippen molar-refractivity contribution in [2.45, 2.75) is 19.4 Å². The topological polar surface area (TPSA) is 18.5 Å². The molecule has 0 aromatic heterocycles. The summed E-state index contributed by atoms with van der Waals surface area (Å²) in [4.78, 5) is 0. The summed E-state index contributed by atoms with van der Waals surface area (Å²) in [6, 6.07) is 9.40. The molecule has 0 N–H and O–H groups in total. The Kier molecular flexibility index (Phi) is 6.85. The third-order valence-electron chi connectivity index (χ3n) is 2.65. The maximum Gasteiger partial charge on any atom is 0.237 e. The van der Waals surface area contributed by atoms with Crippen LogP contribution in [0.2, 0.25) is 6.04 Å². The second-order valence-corrected chi connectivity index (χ2v) is 6.19. The average molecular weight is 249 g/mol. The molecular weight excluding hydrogens is 228 g/mol. The van der Waals surface area contributed by atoms with E-state index in [1.54, 1.807) is 7.11 Å². The van der Waals surface area contributed by atoms with Crippen molar-refractivity contribution in [3.8, 4) is 0 Å². The first-order chi connectivity index (χ1) is 8.31. The average Bonchev–Trinajstić information content (AvgIpc) is 2.38. The molecule has 0 bridgehead atoms. The second kappa shape index (κ2) is 8.23. The lowest BCUT2D eigenvalue weighted by Crippen LogP contribution is -2.24. The Morgan fingerprint density at radius 3 is 2.76 bits per heavy atom. The van der Waals surface area contributed by atoms with Gasteiger partial charge in [0.05, 0.1) is 6.23 Å². The van der Waals surface area contributed by atoms with Crippen LogP contribution in [0.5, 0.6) is 0 Å². The number of methoxy groups -OCH3 is 1. The molecule has 3 heteroatoms. The normalized spacial score (nSPS) is 10.8. The summed E-state index contributed by atoms with van der Waals surface area (Å²) < 4.78 is 11.0. The molecule has 0 spiro atoms. The zero-order valence-electron chi connectivity index (χ0n) is 10.7. The smallest absolute Gasteiger partial charge is 0.237 e. The van der Waals surface area contributed by atoms with Crippen molar-refractivity contribution in [1.29, 1.82) is 0 Å². The van der Waals surface area contributed by atoms with Crippen molar-refractivity contribution >= 4 is 15.1 Å². The van der Waals surface area contributed by atoms with Crippen molar-refractivity contribution < 1.29 is 9.16 Å². The van der Waals surface area contributed by atoms with Gasteiger partial charge in [0.25, 0.3) is 0 Å². The summed E-state index contributed by atoms with van der Waals surface area (Å²) in [5, 5.41) is 0. The molecule has 93 valence electrons. The molecule has 0 aliphatic carbocycles. The lowest BCUT2D eigenvalue weighted by Gasteiger charge is -2.13. The van der Waals surface area contributed by atoms with Gasteiger partial charge in [-0.1, -0.05) is 43.8 Å².